The molecule has 3 rings (SSSR count). The van der Waals surface area contributed by atoms with Crippen LogP contribution in [0.2, 0.25) is 5.02 Å². The number of nitrogens with zero attached hydrogens (tertiary/aromatic N) is 2. The first-order chi connectivity index (χ1) is 18.5. The smallest absolute Gasteiger partial charge is 0.406 e. The molecule has 0 aliphatic carbocycles. The number of ether oxygens (including phenoxy) is 1. The molecule has 3 aromatic carbocycles. The number of amides is 2. The Balaban J connectivity index is 1.65. The zero-order valence-electron chi connectivity index (χ0n) is 21.0. The largest absolute Gasteiger partial charge is 0.573 e. The highest BCUT2D eigenvalue weighted by Gasteiger charge is 2.31. The lowest BCUT2D eigenvalue weighted by atomic mass is 10.1. The minimum absolute atomic E-state index is 0.0857. The van der Waals surface area contributed by atoms with Gasteiger partial charge in [0.2, 0.25) is 11.8 Å². The number of aryl methyl sites for hydroxylation is 1. The Bertz CT molecular complexity index is 1310. The Kier molecular flexibility index (Phi) is 10.4. The van der Waals surface area contributed by atoms with E-state index in [9.17, 15) is 27.2 Å². The van der Waals surface area contributed by atoms with Crippen molar-refractivity contribution in [2.45, 2.75) is 32.5 Å². The summed E-state index contributed by atoms with van der Waals surface area (Å²) in [4.78, 5) is 25.7. The molecule has 39 heavy (non-hydrogen) atoms. The molecule has 1 N–H and O–H groups in total. The second-order valence-corrected chi connectivity index (χ2v) is 8.97. The van der Waals surface area contributed by atoms with Gasteiger partial charge in [-0.15, -0.1) is 13.2 Å². The molecule has 2 amide bonds. The molecule has 0 aromatic heterocycles. The lowest BCUT2D eigenvalue weighted by Crippen LogP contribution is -2.39. The van der Waals surface area contributed by atoms with Gasteiger partial charge >= 0.3 is 6.36 Å². The van der Waals surface area contributed by atoms with Gasteiger partial charge in [0.25, 0.3) is 0 Å². The van der Waals surface area contributed by atoms with Gasteiger partial charge in [-0.1, -0.05) is 54.1 Å². The molecule has 0 atom stereocenters. The first-order valence-electron chi connectivity index (χ1n) is 12.0. The number of hydrazone groups is 1. The molecule has 0 saturated carbocycles. The van der Waals surface area contributed by atoms with Crippen LogP contribution in [0.15, 0.2) is 77.9 Å². The van der Waals surface area contributed by atoms with E-state index in [0.717, 1.165) is 5.01 Å². The van der Waals surface area contributed by atoms with Crippen molar-refractivity contribution in [3.63, 3.8) is 0 Å². The number of rotatable bonds is 11. The Labute approximate surface area is 228 Å². The van der Waals surface area contributed by atoms with Gasteiger partial charge in [-0.3, -0.25) is 9.59 Å². The van der Waals surface area contributed by atoms with E-state index < -0.39 is 30.5 Å². The number of halogens is 5. The zero-order valence-corrected chi connectivity index (χ0v) is 21.7. The van der Waals surface area contributed by atoms with Crippen molar-refractivity contribution >= 4 is 29.1 Å². The van der Waals surface area contributed by atoms with Crippen molar-refractivity contribution in [2.24, 2.45) is 5.10 Å². The summed E-state index contributed by atoms with van der Waals surface area (Å²) in [6.45, 7) is 1.37. The van der Waals surface area contributed by atoms with Crippen LogP contribution in [0.25, 0.3) is 0 Å². The van der Waals surface area contributed by atoms with E-state index >= 15 is 0 Å². The molecule has 3 aromatic rings. The van der Waals surface area contributed by atoms with Crippen LogP contribution in [-0.4, -0.2) is 42.0 Å². The molecule has 206 valence electrons. The summed E-state index contributed by atoms with van der Waals surface area (Å²) in [5.74, 6) is -1.80. The quantitative estimate of drug-likeness (QED) is 0.179. The lowest BCUT2D eigenvalue weighted by molar-refractivity contribution is -0.274. The average molecular weight is 564 g/mol. The van der Waals surface area contributed by atoms with Gasteiger partial charge in [-0.2, -0.15) is 5.10 Å². The Morgan fingerprint density at radius 3 is 2.41 bits per heavy atom. The molecule has 0 saturated heterocycles. The van der Waals surface area contributed by atoms with Crippen LogP contribution in [0, 0.1) is 5.82 Å². The monoisotopic (exact) mass is 563 g/mol. The standard InChI is InChI=1S/C28H26ClF4N3O3/c1-19(21-9-12-23(29)13-10-21)35-36(27(38)14-11-22-6-2-3-8-25(22)30)18-26(37)34-16-15-20-5-4-7-24(17-20)39-28(31,32)33/h2-10,12-13,17H,11,14-16,18H2,1H3,(H,34,37)/b35-19+. The number of benzene rings is 3. The SMILES string of the molecule is C/C(=N\N(CC(=O)NCCc1cccc(OC(F)(F)F)c1)C(=O)CCc1ccccc1F)c1ccc(Cl)cc1. The first kappa shape index (κ1) is 29.6. The first-order valence-corrected chi connectivity index (χ1v) is 12.3. The Morgan fingerprint density at radius 1 is 1.00 bits per heavy atom. The maximum Gasteiger partial charge on any atom is 0.573 e. The van der Waals surface area contributed by atoms with Crippen molar-refractivity contribution in [3.05, 3.63) is 100 Å². The molecule has 0 radical (unpaired) electrons. The minimum Gasteiger partial charge on any atom is -0.406 e. The summed E-state index contributed by atoms with van der Waals surface area (Å²) in [6, 6.07) is 18.3. The van der Waals surface area contributed by atoms with Gasteiger partial charge in [0.05, 0.1) is 5.71 Å². The van der Waals surface area contributed by atoms with Crippen molar-refractivity contribution in [1.29, 1.82) is 0 Å². The highest BCUT2D eigenvalue weighted by Crippen LogP contribution is 2.23. The second kappa shape index (κ2) is 13.7. The van der Waals surface area contributed by atoms with E-state index in [-0.39, 0.29) is 31.6 Å². The Hall–Kier alpha value is -3.92. The van der Waals surface area contributed by atoms with E-state index in [1.165, 1.54) is 24.3 Å². The van der Waals surface area contributed by atoms with Crippen LogP contribution in [0.3, 0.4) is 0 Å². The van der Waals surface area contributed by atoms with Crippen LogP contribution >= 0.6 is 11.6 Å². The normalized spacial score (nSPS) is 11.7. The number of hydrogen-bond donors (Lipinski definition) is 1. The number of hydrogen-bond acceptors (Lipinski definition) is 4. The number of alkyl halides is 3. The highest BCUT2D eigenvalue weighted by molar-refractivity contribution is 6.30. The minimum atomic E-state index is -4.81. The topological polar surface area (TPSA) is 71.0 Å². The third-order valence-corrected chi connectivity index (χ3v) is 5.80. The third-order valence-electron chi connectivity index (χ3n) is 5.55. The summed E-state index contributed by atoms with van der Waals surface area (Å²) in [6.07, 6.45) is -4.54. The zero-order chi connectivity index (χ0) is 28.4. The molecule has 0 aliphatic heterocycles. The fourth-order valence-corrected chi connectivity index (χ4v) is 3.74. The molecule has 0 fully saturated rings. The molecular weight excluding hydrogens is 538 g/mol. The molecule has 0 spiro atoms. The molecule has 0 aliphatic rings. The summed E-state index contributed by atoms with van der Waals surface area (Å²) < 4.78 is 55.3. The summed E-state index contributed by atoms with van der Waals surface area (Å²) in [5.41, 5.74) is 2.03. The van der Waals surface area contributed by atoms with E-state index in [1.807, 2.05) is 0 Å². The van der Waals surface area contributed by atoms with Gasteiger partial charge in [-0.05, 0) is 66.8 Å². The van der Waals surface area contributed by atoms with Crippen molar-refractivity contribution in [3.8, 4) is 5.75 Å². The molecule has 6 nitrogen and oxygen atoms in total. The van der Waals surface area contributed by atoms with Gasteiger partial charge in [0.15, 0.2) is 0 Å². The van der Waals surface area contributed by atoms with Crippen molar-refractivity contribution < 1.29 is 31.9 Å². The molecule has 0 unspecified atom stereocenters. The van der Waals surface area contributed by atoms with E-state index in [1.54, 1.807) is 55.5 Å². The van der Waals surface area contributed by atoms with Crippen LogP contribution in [-0.2, 0) is 22.4 Å². The van der Waals surface area contributed by atoms with Gasteiger partial charge < -0.3 is 10.1 Å². The average Bonchev–Trinajstić information content (AvgIpc) is 2.87. The van der Waals surface area contributed by atoms with Crippen LogP contribution in [0.1, 0.15) is 30.0 Å². The molecular formula is C28H26ClF4N3O3. The van der Waals surface area contributed by atoms with Crippen LogP contribution in [0.5, 0.6) is 5.75 Å². The number of nitrogens with one attached hydrogen (secondary N) is 1. The fraction of sp³-hybridized carbons (Fsp3) is 0.250. The lowest BCUT2D eigenvalue weighted by Gasteiger charge is -2.19. The van der Waals surface area contributed by atoms with E-state index in [4.69, 9.17) is 11.6 Å². The van der Waals surface area contributed by atoms with Crippen LogP contribution < -0.4 is 10.1 Å². The summed E-state index contributed by atoms with van der Waals surface area (Å²) >= 11 is 5.94. The molecule has 0 bridgehead atoms. The molecule has 0 heterocycles. The number of carbonyl (C=O) groups excluding carboxylic acids is 2. The highest BCUT2D eigenvalue weighted by atomic mass is 35.5. The number of carbonyl (C=O) groups is 2. The van der Waals surface area contributed by atoms with E-state index in [0.29, 0.717) is 27.4 Å². The maximum atomic E-state index is 14.0. The predicted octanol–water partition coefficient (Wildman–Crippen LogP) is 5.92. The second-order valence-electron chi connectivity index (χ2n) is 8.53. The predicted molar refractivity (Wildman–Crippen MR) is 140 cm³/mol. The third kappa shape index (κ3) is 10.0. The van der Waals surface area contributed by atoms with Crippen LogP contribution in [0.4, 0.5) is 17.6 Å². The van der Waals surface area contributed by atoms with Gasteiger partial charge in [0.1, 0.15) is 18.1 Å². The summed E-state index contributed by atoms with van der Waals surface area (Å²) in [5, 5.41) is 8.54. The fourth-order valence-electron chi connectivity index (χ4n) is 3.62. The Morgan fingerprint density at radius 2 is 1.72 bits per heavy atom. The summed E-state index contributed by atoms with van der Waals surface area (Å²) in [7, 11) is 0. The van der Waals surface area contributed by atoms with Crippen molar-refractivity contribution in [2.75, 3.05) is 13.1 Å². The van der Waals surface area contributed by atoms with Gasteiger partial charge in [-0.25, -0.2) is 9.40 Å². The van der Waals surface area contributed by atoms with Crippen molar-refractivity contribution in [1.82, 2.24) is 10.3 Å². The van der Waals surface area contributed by atoms with Gasteiger partial charge in [0, 0.05) is 18.0 Å². The van der Waals surface area contributed by atoms with E-state index in [2.05, 4.69) is 15.2 Å². The maximum absolute atomic E-state index is 14.0. The molecule has 11 heteroatoms.